The maximum Gasteiger partial charge on any atom is 0.191 e. The van der Waals surface area contributed by atoms with Crippen LogP contribution in [0.4, 0.5) is 0 Å². The minimum atomic E-state index is 0.147. The first kappa shape index (κ1) is 21.0. The van der Waals surface area contributed by atoms with Gasteiger partial charge in [-0.15, -0.1) is 0 Å². The monoisotopic (exact) mass is 396 g/mol. The van der Waals surface area contributed by atoms with Gasteiger partial charge in [0.1, 0.15) is 0 Å². The number of likely N-dealkylation sites (tertiary alicyclic amines) is 1. The van der Waals surface area contributed by atoms with Gasteiger partial charge in [0.25, 0.3) is 0 Å². The first-order valence-electron chi connectivity index (χ1n) is 10.4. The molecule has 2 aromatic rings. The van der Waals surface area contributed by atoms with Gasteiger partial charge in [-0.1, -0.05) is 42.5 Å². The predicted octanol–water partition coefficient (Wildman–Crippen LogP) is 3.29. The molecule has 2 aromatic carbocycles. The van der Waals surface area contributed by atoms with Crippen LogP contribution in [-0.4, -0.2) is 49.3 Å². The highest BCUT2D eigenvalue weighted by Gasteiger charge is 2.23. The second-order valence-electron chi connectivity index (χ2n) is 7.21. The van der Waals surface area contributed by atoms with E-state index in [1.807, 2.05) is 12.1 Å². The fourth-order valence-electron chi connectivity index (χ4n) is 3.75. The van der Waals surface area contributed by atoms with Gasteiger partial charge in [-0.25, -0.2) is 4.99 Å². The van der Waals surface area contributed by atoms with E-state index in [2.05, 4.69) is 57.8 Å². The first-order chi connectivity index (χ1) is 14.2. The lowest BCUT2D eigenvalue weighted by Crippen LogP contribution is -2.42. The average molecular weight is 397 g/mol. The largest absolute Gasteiger partial charge is 0.504 e. The third-order valence-corrected chi connectivity index (χ3v) is 5.28. The van der Waals surface area contributed by atoms with Gasteiger partial charge in [-0.3, -0.25) is 4.90 Å². The van der Waals surface area contributed by atoms with E-state index in [9.17, 15) is 5.11 Å². The zero-order valence-electron chi connectivity index (χ0n) is 17.4. The lowest BCUT2D eigenvalue weighted by atomic mass is 10.1. The number of ether oxygens (including phenoxy) is 1. The van der Waals surface area contributed by atoms with E-state index in [1.165, 1.54) is 18.4 Å². The molecule has 29 heavy (non-hydrogen) atoms. The molecule has 0 aliphatic carbocycles. The molecule has 6 heteroatoms. The molecule has 0 aromatic heterocycles. The Labute approximate surface area is 173 Å². The number of methoxy groups -OCH3 is 1. The molecule has 6 nitrogen and oxygen atoms in total. The van der Waals surface area contributed by atoms with Gasteiger partial charge < -0.3 is 20.5 Å². The van der Waals surface area contributed by atoms with E-state index < -0.39 is 0 Å². The van der Waals surface area contributed by atoms with Crippen LogP contribution in [0.5, 0.6) is 11.5 Å². The third-order valence-electron chi connectivity index (χ3n) is 5.28. The summed E-state index contributed by atoms with van der Waals surface area (Å²) in [7, 11) is 1.55. The summed E-state index contributed by atoms with van der Waals surface area (Å²) in [5.41, 5.74) is 2.06. The first-order valence-corrected chi connectivity index (χ1v) is 10.4. The van der Waals surface area contributed by atoms with Crippen LogP contribution in [0.2, 0.25) is 0 Å². The molecule has 1 fully saturated rings. The molecule has 3 rings (SSSR count). The second-order valence-corrected chi connectivity index (χ2v) is 7.21. The summed E-state index contributed by atoms with van der Waals surface area (Å²) in [6.45, 7) is 6.24. The van der Waals surface area contributed by atoms with Gasteiger partial charge in [0.2, 0.25) is 0 Å². The molecule has 0 radical (unpaired) electrons. The lowest BCUT2D eigenvalue weighted by Gasteiger charge is -2.29. The van der Waals surface area contributed by atoms with Crippen LogP contribution < -0.4 is 15.4 Å². The predicted molar refractivity (Wildman–Crippen MR) is 117 cm³/mol. The van der Waals surface area contributed by atoms with Crippen LogP contribution >= 0.6 is 0 Å². The van der Waals surface area contributed by atoms with Crippen molar-refractivity contribution in [3.05, 3.63) is 59.7 Å². The van der Waals surface area contributed by atoms with Crippen LogP contribution in [0, 0.1) is 0 Å². The summed E-state index contributed by atoms with van der Waals surface area (Å²) >= 11 is 0. The Morgan fingerprint density at radius 1 is 1.10 bits per heavy atom. The number of phenolic OH excluding ortho intramolecular Hbond substituents is 1. The van der Waals surface area contributed by atoms with E-state index in [0.29, 0.717) is 18.3 Å². The highest BCUT2D eigenvalue weighted by atomic mass is 16.5. The highest BCUT2D eigenvalue weighted by Crippen LogP contribution is 2.29. The molecule has 0 amide bonds. The van der Waals surface area contributed by atoms with Crippen molar-refractivity contribution in [2.75, 3.05) is 33.3 Å². The Morgan fingerprint density at radius 3 is 2.55 bits per heavy atom. The van der Waals surface area contributed by atoms with Crippen LogP contribution in [0.3, 0.4) is 0 Å². The van der Waals surface area contributed by atoms with Crippen molar-refractivity contribution in [2.45, 2.75) is 32.4 Å². The maximum absolute atomic E-state index is 10.3. The molecule has 156 valence electrons. The minimum absolute atomic E-state index is 0.147. The SMILES string of the molecule is CCNC(=NCc1cccc(OC)c1O)NCC(c1ccccc1)N1CCCC1. The molecule has 1 heterocycles. The van der Waals surface area contributed by atoms with Crippen LogP contribution in [0.1, 0.15) is 36.9 Å². The Hall–Kier alpha value is -2.73. The van der Waals surface area contributed by atoms with Crippen molar-refractivity contribution < 1.29 is 9.84 Å². The van der Waals surface area contributed by atoms with Crippen molar-refractivity contribution in [3.8, 4) is 11.5 Å². The smallest absolute Gasteiger partial charge is 0.191 e. The second kappa shape index (κ2) is 10.7. The van der Waals surface area contributed by atoms with Gasteiger partial charge in [-0.05, 0) is 44.5 Å². The lowest BCUT2D eigenvalue weighted by molar-refractivity contribution is 0.245. The zero-order valence-corrected chi connectivity index (χ0v) is 17.4. The van der Waals surface area contributed by atoms with Gasteiger partial charge in [0, 0.05) is 18.7 Å². The van der Waals surface area contributed by atoms with Crippen molar-refractivity contribution in [1.29, 1.82) is 0 Å². The molecule has 1 saturated heterocycles. The number of phenols is 1. The number of hydrogen-bond donors (Lipinski definition) is 3. The van der Waals surface area contributed by atoms with Crippen molar-refractivity contribution in [2.24, 2.45) is 4.99 Å². The Bertz CT molecular complexity index is 789. The van der Waals surface area contributed by atoms with E-state index in [4.69, 9.17) is 4.74 Å². The average Bonchev–Trinajstić information content (AvgIpc) is 3.28. The number of hydrogen-bond acceptors (Lipinski definition) is 4. The molecule has 1 aliphatic rings. The Kier molecular flexibility index (Phi) is 7.76. The molecule has 1 aliphatic heterocycles. The number of nitrogens with one attached hydrogen (secondary N) is 2. The quantitative estimate of drug-likeness (QED) is 0.472. The van der Waals surface area contributed by atoms with Crippen LogP contribution in [0.25, 0.3) is 0 Å². The van der Waals surface area contributed by atoms with Crippen LogP contribution in [-0.2, 0) is 6.54 Å². The number of para-hydroxylation sites is 1. The number of benzene rings is 2. The fraction of sp³-hybridized carbons (Fsp3) is 0.435. The van der Waals surface area contributed by atoms with E-state index in [-0.39, 0.29) is 5.75 Å². The molecular formula is C23H32N4O2. The minimum Gasteiger partial charge on any atom is -0.504 e. The van der Waals surface area contributed by atoms with Crippen molar-refractivity contribution in [1.82, 2.24) is 15.5 Å². The molecule has 3 N–H and O–H groups in total. The summed E-state index contributed by atoms with van der Waals surface area (Å²) in [5.74, 6) is 1.36. The van der Waals surface area contributed by atoms with Crippen molar-refractivity contribution >= 4 is 5.96 Å². The van der Waals surface area contributed by atoms with E-state index in [1.54, 1.807) is 13.2 Å². The summed E-state index contributed by atoms with van der Waals surface area (Å²) in [5, 5.41) is 17.1. The molecule has 0 saturated carbocycles. The molecule has 0 bridgehead atoms. The Morgan fingerprint density at radius 2 is 1.86 bits per heavy atom. The van der Waals surface area contributed by atoms with Crippen LogP contribution in [0.15, 0.2) is 53.5 Å². The molecule has 1 atom stereocenters. The Balaban J connectivity index is 1.70. The molecule has 1 unspecified atom stereocenters. The summed E-state index contributed by atoms with van der Waals surface area (Å²) in [6, 6.07) is 16.4. The van der Waals surface area contributed by atoms with Crippen molar-refractivity contribution in [3.63, 3.8) is 0 Å². The third kappa shape index (κ3) is 5.64. The number of aromatic hydroxyl groups is 1. The fourth-order valence-corrected chi connectivity index (χ4v) is 3.75. The number of aliphatic imine (C=N–C) groups is 1. The molecule has 0 spiro atoms. The summed E-state index contributed by atoms with van der Waals surface area (Å²) < 4.78 is 5.19. The molecular weight excluding hydrogens is 364 g/mol. The maximum atomic E-state index is 10.3. The number of rotatable bonds is 8. The number of nitrogens with zero attached hydrogens (tertiary/aromatic N) is 2. The number of guanidine groups is 1. The van der Waals surface area contributed by atoms with Gasteiger partial charge in [0.15, 0.2) is 17.5 Å². The van der Waals surface area contributed by atoms with Gasteiger partial charge >= 0.3 is 0 Å². The zero-order chi connectivity index (χ0) is 20.5. The van der Waals surface area contributed by atoms with E-state index >= 15 is 0 Å². The summed E-state index contributed by atoms with van der Waals surface area (Å²) in [4.78, 5) is 7.21. The summed E-state index contributed by atoms with van der Waals surface area (Å²) in [6.07, 6.45) is 2.51. The van der Waals surface area contributed by atoms with E-state index in [0.717, 1.165) is 37.7 Å². The normalized spacial score (nSPS) is 15.9. The topological polar surface area (TPSA) is 69.1 Å². The van der Waals surface area contributed by atoms with Gasteiger partial charge in [-0.2, -0.15) is 0 Å². The standard InChI is InChI=1S/C23H32N4O2/c1-3-24-23(25-16-19-12-9-13-21(29-2)22(19)28)26-17-20(27-14-7-8-15-27)18-10-5-4-6-11-18/h4-6,9-13,20,28H,3,7-8,14-17H2,1-2H3,(H2,24,25,26). The van der Waals surface area contributed by atoms with Gasteiger partial charge in [0.05, 0.1) is 19.7 Å². The highest BCUT2D eigenvalue weighted by molar-refractivity contribution is 5.79.